The van der Waals surface area contributed by atoms with Crippen molar-refractivity contribution in [2.24, 2.45) is 17.7 Å². The fraction of sp³-hybridized carbons (Fsp3) is 0.462. The zero-order chi connectivity index (χ0) is 16.2. The Morgan fingerprint density at radius 1 is 1.43 bits per heavy atom. The van der Waals surface area contributed by atoms with Crippen molar-refractivity contribution in [3.63, 3.8) is 0 Å². The van der Waals surface area contributed by atoms with E-state index >= 15 is 0 Å². The summed E-state index contributed by atoms with van der Waals surface area (Å²) in [6, 6.07) is 2.50. The van der Waals surface area contributed by atoms with Crippen LogP contribution >= 0.6 is 11.6 Å². The molecule has 0 aliphatic carbocycles. The minimum absolute atomic E-state index is 0.0197. The Morgan fingerprint density at radius 2 is 2.05 bits per heavy atom. The molecule has 4 N–H and O–H groups in total. The van der Waals surface area contributed by atoms with Crippen LogP contribution in [0.1, 0.15) is 31.1 Å². The molecular weight excluding hydrogens is 296 g/mol. The number of amides is 1. The van der Waals surface area contributed by atoms with Crippen LogP contribution < -0.4 is 16.6 Å². The highest BCUT2D eigenvalue weighted by Crippen LogP contribution is 2.32. The summed E-state index contributed by atoms with van der Waals surface area (Å²) in [5.74, 6) is 5.52. The van der Waals surface area contributed by atoms with Gasteiger partial charge in [0.1, 0.15) is 5.69 Å². The van der Waals surface area contributed by atoms with Crippen molar-refractivity contribution in [3.8, 4) is 0 Å². The van der Waals surface area contributed by atoms with Crippen LogP contribution in [0.3, 0.4) is 0 Å². The van der Waals surface area contributed by atoms with Crippen LogP contribution in [0.4, 0.5) is 11.4 Å². The maximum absolute atomic E-state index is 12.1. The third-order valence-electron chi connectivity index (χ3n) is 3.40. The van der Waals surface area contributed by atoms with Gasteiger partial charge in [-0.25, -0.2) is 0 Å². The number of nitrogens with zero attached hydrogens (tertiary/aromatic N) is 1. The quantitative estimate of drug-likeness (QED) is 0.424. The second-order valence-corrected chi connectivity index (χ2v) is 5.59. The predicted molar refractivity (Wildman–Crippen MR) is 82.3 cm³/mol. The largest absolute Gasteiger partial charge is 0.352 e. The number of nitrogen functional groups attached to an aromatic ring is 1. The lowest BCUT2D eigenvalue weighted by atomic mass is 9.98. The first kappa shape index (κ1) is 17.2. The van der Waals surface area contributed by atoms with Crippen molar-refractivity contribution in [1.82, 2.24) is 5.32 Å². The van der Waals surface area contributed by atoms with Crippen molar-refractivity contribution in [2.75, 3.05) is 12.0 Å². The average Bonchev–Trinajstić information content (AvgIpc) is 2.42. The van der Waals surface area contributed by atoms with E-state index in [0.29, 0.717) is 18.4 Å². The Morgan fingerprint density at radius 3 is 2.52 bits per heavy atom. The number of halogens is 1. The van der Waals surface area contributed by atoms with Gasteiger partial charge in [0.2, 0.25) is 0 Å². The van der Waals surface area contributed by atoms with E-state index in [2.05, 4.69) is 24.6 Å². The molecule has 0 radical (unpaired) electrons. The summed E-state index contributed by atoms with van der Waals surface area (Å²) in [5.41, 5.74) is 1.94. The van der Waals surface area contributed by atoms with E-state index in [-0.39, 0.29) is 22.0 Å². The number of benzene rings is 1. The number of hydrogen-bond donors (Lipinski definition) is 3. The summed E-state index contributed by atoms with van der Waals surface area (Å²) in [6.07, 6.45) is 0. The summed E-state index contributed by atoms with van der Waals surface area (Å²) in [4.78, 5) is 22.4. The molecule has 0 heterocycles. The summed E-state index contributed by atoms with van der Waals surface area (Å²) >= 11 is 5.91. The van der Waals surface area contributed by atoms with Crippen molar-refractivity contribution < 1.29 is 9.72 Å². The van der Waals surface area contributed by atoms with E-state index in [4.69, 9.17) is 17.4 Å². The van der Waals surface area contributed by atoms with E-state index in [1.54, 1.807) is 0 Å². The molecule has 0 saturated carbocycles. The Kier molecular flexibility index (Phi) is 5.92. The van der Waals surface area contributed by atoms with E-state index in [9.17, 15) is 14.9 Å². The number of rotatable bonds is 6. The minimum atomic E-state index is -0.644. The minimum Gasteiger partial charge on any atom is -0.352 e. The Bertz CT molecular complexity index is 548. The van der Waals surface area contributed by atoms with E-state index in [1.807, 2.05) is 6.92 Å². The fourth-order valence-corrected chi connectivity index (χ4v) is 1.87. The van der Waals surface area contributed by atoms with Gasteiger partial charge in [-0.3, -0.25) is 20.8 Å². The number of nitro groups is 1. The predicted octanol–water partition coefficient (Wildman–Crippen LogP) is 2.56. The number of carbonyl (C=O) groups excluding carboxylic acids is 1. The molecule has 0 bridgehead atoms. The second-order valence-electron chi connectivity index (χ2n) is 5.18. The van der Waals surface area contributed by atoms with Gasteiger partial charge in [-0.1, -0.05) is 32.4 Å². The van der Waals surface area contributed by atoms with Gasteiger partial charge in [-0.05, 0) is 17.9 Å². The molecule has 116 valence electrons. The van der Waals surface area contributed by atoms with E-state index in [0.717, 1.165) is 6.07 Å². The highest BCUT2D eigenvalue weighted by atomic mass is 35.5. The molecule has 0 saturated heterocycles. The molecule has 0 aromatic heterocycles. The van der Waals surface area contributed by atoms with Gasteiger partial charge >= 0.3 is 0 Å². The molecule has 21 heavy (non-hydrogen) atoms. The first-order valence-electron chi connectivity index (χ1n) is 6.50. The molecule has 7 nitrogen and oxygen atoms in total. The first-order chi connectivity index (χ1) is 9.77. The van der Waals surface area contributed by atoms with Crippen LogP contribution in [0.5, 0.6) is 0 Å². The standard InChI is InChI=1S/C13H19ClN4O3/c1-7(2)8(3)6-16-13(19)9-4-10(14)12(17-15)11(5-9)18(20)21/h4-5,7-8,17H,6,15H2,1-3H3,(H,16,19). The molecule has 1 atom stereocenters. The van der Waals surface area contributed by atoms with Gasteiger partial charge in [0.15, 0.2) is 0 Å². The van der Waals surface area contributed by atoms with Gasteiger partial charge in [0, 0.05) is 18.2 Å². The normalized spacial score (nSPS) is 12.1. The molecule has 1 amide bonds. The molecule has 1 aromatic carbocycles. The van der Waals surface area contributed by atoms with Crippen molar-refractivity contribution in [1.29, 1.82) is 0 Å². The van der Waals surface area contributed by atoms with Gasteiger partial charge in [0.05, 0.1) is 9.95 Å². The third kappa shape index (κ3) is 4.30. The zero-order valence-electron chi connectivity index (χ0n) is 12.1. The maximum atomic E-state index is 12.1. The number of hydrazine groups is 1. The number of hydrogen-bond acceptors (Lipinski definition) is 5. The second kappa shape index (κ2) is 7.24. The van der Waals surface area contributed by atoms with E-state index < -0.39 is 10.8 Å². The number of nitrogens with one attached hydrogen (secondary N) is 2. The summed E-state index contributed by atoms with van der Waals surface area (Å²) in [7, 11) is 0. The Hall–Kier alpha value is -1.86. The van der Waals surface area contributed by atoms with Gasteiger partial charge in [-0.15, -0.1) is 0 Å². The zero-order valence-corrected chi connectivity index (χ0v) is 12.9. The molecule has 0 aliphatic heterocycles. The van der Waals surface area contributed by atoms with Gasteiger partial charge in [0.25, 0.3) is 11.6 Å². The first-order valence-corrected chi connectivity index (χ1v) is 6.88. The van der Waals surface area contributed by atoms with Crippen LogP contribution in [-0.4, -0.2) is 17.4 Å². The van der Waals surface area contributed by atoms with Crippen LogP contribution in [0.25, 0.3) is 0 Å². The molecular formula is C13H19ClN4O3. The van der Waals surface area contributed by atoms with Crippen molar-refractivity contribution in [2.45, 2.75) is 20.8 Å². The Labute approximate surface area is 128 Å². The number of nitro benzene ring substituents is 1. The highest BCUT2D eigenvalue weighted by Gasteiger charge is 2.21. The smallest absolute Gasteiger partial charge is 0.295 e. The highest BCUT2D eigenvalue weighted by molar-refractivity contribution is 6.34. The molecule has 8 heteroatoms. The monoisotopic (exact) mass is 314 g/mol. The van der Waals surface area contributed by atoms with Gasteiger partial charge < -0.3 is 10.7 Å². The number of nitrogens with two attached hydrogens (primary N) is 1. The molecule has 0 aliphatic rings. The average molecular weight is 315 g/mol. The maximum Gasteiger partial charge on any atom is 0.295 e. The lowest BCUT2D eigenvalue weighted by molar-refractivity contribution is -0.384. The van der Waals surface area contributed by atoms with Crippen LogP contribution in [0.2, 0.25) is 5.02 Å². The number of carbonyl (C=O) groups is 1. The topological polar surface area (TPSA) is 110 Å². The molecule has 1 unspecified atom stereocenters. The van der Waals surface area contributed by atoms with Crippen LogP contribution in [-0.2, 0) is 0 Å². The lowest BCUT2D eigenvalue weighted by Gasteiger charge is -2.16. The molecule has 0 fully saturated rings. The van der Waals surface area contributed by atoms with Crippen molar-refractivity contribution in [3.05, 3.63) is 32.8 Å². The van der Waals surface area contributed by atoms with Gasteiger partial charge in [-0.2, -0.15) is 0 Å². The fourth-order valence-electron chi connectivity index (χ4n) is 1.60. The SMILES string of the molecule is CC(C)C(C)CNC(=O)c1cc(Cl)c(NN)c([N+](=O)[O-])c1. The summed E-state index contributed by atoms with van der Waals surface area (Å²) in [5, 5.41) is 13.7. The van der Waals surface area contributed by atoms with Crippen LogP contribution in [0, 0.1) is 22.0 Å². The van der Waals surface area contributed by atoms with Crippen molar-refractivity contribution >= 4 is 28.9 Å². The van der Waals surface area contributed by atoms with E-state index in [1.165, 1.54) is 6.07 Å². The summed E-state index contributed by atoms with van der Waals surface area (Å²) in [6.45, 7) is 6.61. The molecule has 1 aromatic rings. The number of anilines is 1. The Balaban J connectivity index is 2.98. The molecule has 1 rings (SSSR count). The summed E-state index contributed by atoms with van der Waals surface area (Å²) < 4.78 is 0. The van der Waals surface area contributed by atoms with Crippen LogP contribution in [0.15, 0.2) is 12.1 Å². The lowest BCUT2D eigenvalue weighted by Crippen LogP contribution is -2.30. The molecule has 0 spiro atoms. The third-order valence-corrected chi connectivity index (χ3v) is 3.69.